The second-order valence-corrected chi connectivity index (χ2v) is 0. The monoisotopic (exact) mass is 268 g/mol. The molecule has 0 spiro atoms. The van der Waals surface area contributed by atoms with E-state index in [9.17, 15) is 0 Å². The Balaban J connectivity index is 0. The fourth-order valence-electron chi connectivity index (χ4n) is 0. The van der Waals surface area contributed by atoms with E-state index in [1.807, 2.05) is 0 Å². The molecule has 0 radical (unpaired) electrons. The van der Waals surface area contributed by atoms with Gasteiger partial charge in [0.05, 0.1) is 0 Å². The van der Waals surface area contributed by atoms with Crippen LogP contribution in [0.1, 0.15) is 0 Å². The summed E-state index contributed by atoms with van der Waals surface area (Å²) in [6.45, 7) is 0. The Labute approximate surface area is 73.6 Å². The summed E-state index contributed by atoms with van der Waals surface area (Å²) in [5.41, 5.74) is 0. The van der Waals surface area contributed by atoms with Crippen LogP contribution in [-0.2, 0) is 0 Å². The van der Waals surface area contributed by atoms with E-state index in [1.165, 1.54) is 0 Å². The summed E-state index contributed by atoms with van der Waals surface area (Å²) in [6, 6.07) is 0. The molecule has 0 aliphatic heterocycles. The van der Waals surface area contributed by atoms with E-state index in [2.05, 4.69) is 0 Å². The van der Waals surface area contributed by atoms with Gasteiger partial charge in [-0.2, -0.15) is 0 Å². The maximum atomic E-state index is 0. The zero-order chi connectivity index (χ0) is 0. The Hall–Kier alpha value is 1.98. The van der Waals surface area contributed by atoms with Gasteiger partial charge in [0.25, 0.3) is 0 Å². The molecule has 0 nitrogen and oxygen atoms in total. The average Bonchev–Trinajstić information content (AvgIpc) is 0. The van der Waals surface area contributed by atoms with Gasteiger partial charge < -0.3 is 0 Å². The standard InChI is InChI=1S/4ClH.Sb.3H/h4*1H;;;;. The first-order chi connectivity index (χ1) is 0. The van der Waals surface area contributed by atoms with Gasteiger partial charge in [0.2, 0.25) is 0 Å². The van der Waals surface area contributed by atoms with Crippen molar-refractivity contribution >= 4 is 74.1 Å². The first-order valence-electron chi connectivity index (χ1n) is 0. The van der Waals surface area contributed by atoms with E-state index in [4.69, 9.17) is 0 Å². The van der Waals surface area contributed by atoms with Crippen molar-refractivity contribution in [3.05, 3.63) is 0 Å². The molecule has 0 aromatic rings. The molecule has 0 saturated heterocycles. The molecule has 5 heteroatoms. The van der Waals surface area contributed by atoms with Gasteiger partial charge in [0.15, 0.2) is 0 Å². The molecule has 0 atom stereocenters. The third-order valence-electron chi connectivity index (χ3n) is 0. The van der Waals surface area contributed by atoms with Crippen molar-refractivity contribution in [2.75, 3.05) is 0 Å². The zero-order valence-corrected chi connectivity index (χ0v) is 9.64. The summed E-state index contributed by atoms with van der Waals surface area (Å²) in [4.78, 5) is 0. The molecule has 0 bridgehead atoms. The fourth-order valence-corrected chi connectivity index (χ4v) is 0. The number of rotatable bonds is 0. The first kappa shape index (κ1) is 63.7. The summed E-state index contributed by atoms with van der Waals surface area (Å²) in [5.74, 6) is 0. The quantitative estimate of drug-likeness (QED) is 0.563. The normalized spacial score (nSPS) is 0. The number of halogens is 4. The third kappa shape index (κ3) is 24.2. The van der Waals surface area contributed by atoms with E-state index in [0.717, 1.165) is 0 Å². The maximum absolute atomic E-state index is 0. The molecule has 40 valence electrons. The molecule has 0 heterocycles. The fraction of sp³-hybridized carbons (Fsp3) is 0. The van der Waals surface area contributed by atoms with E-state index in [1.54, 1.807) is 0 Å². The molecule has 0 aromatic carbocycles. The van der Waals surface area contributed by atoms with E-state index in [-0.39, 0.29) is 74.1 Å². The molecule has 0 N–H and O–H groups in total. The van der Waals surface area contributed by atoms with Crippen LogP contribution in [0.2, 0.25) is 0 Å². The van der Waals surface area contributed by atoms with Gasteiger partial charge in [0.1, 0.15) is 0 Å². The second kappa shape index (κ2) is 37.9. The van der Waals surface area contributed by atoms with Gasteiger partial charge in [-0.3, -0.25) is 0 Å². The van der Waals surface area contributed by atoms with Crippen LogP contribution in [0.4, 0.5) is 0 Å². The average molecular weight is 271 g/mol. The summed E-state index contributed by atoms with van der Waals surface area (Å²) in [6.07, 6.45) is 0. The summed E-state index contributed by atoms with van der Waals surface area (Å²) >= 11 is 0. The molecule has 0 aliphatic carbocycles. The van der Waals surface area contributed by atoms with Gasteiger partial charge in [0, 0.05) is 0 Å². The molecule has 0 saturated carbocycles. The molecular formula is H7Cl4Sb. The second-order valence-electron chi connectivity index (χ2n) is 0. The Morgan fingerprint density at radius 2 is 0.400 bits per heavy atom. The SMILES string of the molecule is Cl.Cl.Cl.Cl.[SbH3]. The Morgan fingerprint density at radius 1 is 0.400 bits per heavy atom. The molecule has 0 aliphatic rings. The van der Waals surface area contributed by atoms with Crippen LogP contribution in [-0.4, -0.2) is 24.4 Å². The molecular weight excluding hydrogens is 264 g/mol. The Kier molecular flexibility index (Phi) is 483. The molecule has 5 heavy (non-hydrogen) atoms. The van der Waals surface area contributed by atoms with Crippen molar-refractivity contribution in [1.82, 2.24) is 0 Å². The number of hydrogen-bond acceptors (Lipinski definition) is 0. The van der Waals surface area contributed by atoms with Crippen molar-refractivity contribution in [3.8, 4) is 0 Å². The third-order valence-corrected chi connectivity index (χ3v) is 0. The van der Waals surface area contributed by atoms with E-state index in [0.29, 0.717) is 0 Å². The predicted molar refractivity (Wildman–Crippen MR) is 38.9 cm³/mol. The summed E-state index contributed by atoms with van der Waals surface area (Å²) in [5, 5.41) is 0. The topological polar surface area (TPSA) is 0 Å². The molecule has 0 amide bonds. The van der Waals surface area contributed by atoms with Crippen LogP contribution in [0.3, 0.4) is 0 Å². The Bertz CT molecular complexity index is 3.61. The molecule has 0 unspecified atom stereocenters. The first-order valence-corrected chi connectivity index (χ1v) is 0. The van der Waals surface area contributed by atoms with Gasteiger partial charge >= 0.3 is 24.4 Å². The van der Waals surface area contributed by atoms with Gasteiger partial charge in [-0.1, -0.05) is 0 Å². The van der Waals surface area contributed by atoms with Crippen LogP contribution in [0.5, 0.6) is 0 Å². The summed E-state index contributed by atoms with van der Waals surface area (Å²) < 4.78 is 0. The summed E-state index contributed by atoms with van der Waals surface area (Å²) in [7, 11) is 0. The Morgan fingerprint density at radius 3 is 0.400 bits per heavy atom. The van der Waals surface area contributed by atoms with Gasteiger partial charge in [-0.25, -0.2) is 0 Å². The van der Waals surface area contributed by atoms with Crippen molar-refractivity contribution in [2.24, 2.45) is 0 Å². The number of hydrogen-bond donors (Lipinski definition) is 0. The van der Waals surface area contributed by atoms with Crippen LogP contribution < -0.4 is 0 Å². The minimum atomic E-state index is 0. The molecule has 0 fully saturated rings. The van der Waals surface area contributed by atoms with Crippen LogP contribution in [0.25, 0.3) is 0 Å². The van der Waals surface area contributed by atoms with Crippen molar-refractivity contribution in [2.45, 2.75) is 0 Å². The van der Waals surface area contributed by atoms with Crippen LogP contribution >= 0.6 is 49.6 Å². The van der Waals surface area contributed by atoms with Crippen molar-refractivity contribution in [1.29, 1.82) is 0 Å². The van der Waals surface area contributed by atoms with Crippen LogP contribution in [0.15, 0.2) is 0 Å². The predicted octanol–water partition coefficient (Wildman–Crippen LogP) is 0.503. The van der Waals surface area contributed by atoms with Gasteiger partial charge in [-0.05, 0) is 0 Å². The van der Waals surface area contributed by atoms with E-state index < -0.39 is 0 Å². The van der Waals surface area contributed by atoms with E-state index >= 15 is 0 Å². The van der Waals surface area contributed by atoms with Crippen LogP contribution in [0, 0.1) is 0 Å². The van der Waals surface area contributed by atoms with Gasteiger partial charge in [-0.15, -0.1) is 49.6 Å². The molecule has 0 rings (SSSR count). The zero-order valence-electron chi connectivity index (χ0n) is 2.34. The minimum absolute atomic E-state index is 0. The van der Waals surface area contributed by atoms with Crippen molar-refractivity contribution in [3.63, 3.8) is 0 Å². The molecule has 0 aromatic heterocycles. The van der Waals surface area contributed by atoms with Crippen molar-refractivity contribution < 1.29 is 0 Å².